The average Bonchev–Trinajstić information content (AvgIpc) is 3.14. The van der Waals surface area contributed by atoms with E-state index in [4.69, 9.17) is 9.47 Å². The number of esters is 1. The van der Waals surface area contributed by atoms with Gasteiger partial charge in [-0.3, -0.25) is 0 Å². The van der Waals surface area contributed by atoms with Gasteiger partial charge >= 0.3 is 5.97 Å². The van der Waals surface area contributed by atoms with Crippen LogP contribution >= 0.6 is 0 Å². The molecule has 0 amide bonds. The molecule has 3 nitrogen and oxygen atoms in total. The fraction of sp³-hybridized carbons (Fsp3) is 0.533. The third kappa shape index (κ3) is 2.41. The molecule has 1 heterocycles. The number of hydrogen-bond donors (Lipinski definition) is 0. The molecule has 2 rings (SSSR count). The first kappa shape index (κ1) is 13.1. The van der Waals surface area contributed by atoms with E-state index in [2.05, 4.69) is 6.92 Å². The van der Waals surface area contributed by atoms with E-state index in [9.17, 15) is 4.79 Å². The molecule has 0 saturated carbocycles. The number of carbonyl (C=O) groups is 1. The van der Waals surface area contributed by atoms with Gasteiger partial charge in [0.25, 0.3) is 0 Å². The number of carbonyl (C=O) groups excluding carboxylic acids is 1. The Morgan fingerprint density at radius 3 is 2.67 bits per heavy atom. The van der Waals surface area contributed by atoms with E-state index in [1.807, 2.05) is 37.3 Å². The van der Waals surface area contributed by atoms with Gasteiger partial charge in [0.2, 0.25) is 0 Å². The molecule has 0 spiro atoms. The first-order valence-corrected chi connectivity index (χ1v) is 6.64. The number of hydrogen-bond acceptors (Lipinski definition) is 3. The van der Waals surface area contributed by atoms with Gasteiger partial charge in [-0.2, -0.15) is 0 Å². The van der Waals surface area contributed by atoms with E-state index in [1.54, 1.807) is 0 Å². The topological polar surface area (TPSA) is 38.8 Å². The fourth-order valence-corrected chi connectivity index (χ4v) is 2.28. The zero-order valence-corrected chi connectivity index (χ0v) is 11.0. The summed E-state index contributed by atoms with van der Waals surface area (Å²) in [6.45, 7) is 4.33. The summed E-state index contributed by atoms with van der Waals surface area (Å²) < 4.78 is 10.9. The second-order valence-corrected chi connectivity index (χ2v) is 4.62. The van der Waals surface area contributed by atoms with Gasteiger partial charge < -0.3 is 9.47 Å². The number of rotatable bonds is 6. The molecule has 1 aromatic carbocycles. The van der Waals surface area contributed by atoms with Crippen LogP contribution in [0.4, 0.5) is 0 Å². The molecule has 0 aromatic heterocycles. The molecule has 0 N–H and O–H groups in total. The Labute approximate surface area is 108 Å². The normalized spacial score (nSPS) is 25.8. The van der Waals surface area contributed by atoms with E-state index in [1.165, 1.54) is 0 Å². The van der Waals surface area contributed by atoms with Crippen molar-refractivity contribution in [3.63, 3.8) is 0 Å². The smallest absolute Gasteiger partial charge is 0.341 e. The van der Waals surface area contributed by atoms with Gasteiger partial charge in [-0.25, -0.2) is 4.79 Å². The van der Waals surface area contributed by atoms with Crippen LogP contribution in [0.3, 0.4) is 0 Å². The first-order chi connectivity index (χ1) is 8.74. The molecule has 1 aliphatic rings. The number of unbranched alkanes of at least 4 members (excludes halogenated alkanes) is 1. The summed E-state index contributed by atoms with van der Waals surface area (Å²) in [5.74, 6) is -0.215. The second-order valence-electron chi connectivity index (χ2n) is 4.62. The van der Waals surface area contributed by atoms with Crippen molar-refractivity contribution in [1.29, 1.82) is 0 Å². The lowest BCUT2D eigenvalue weighted by atomic mass is 9.94. The highest BCUT2D eigenvalue weighted by Gasteiger charge is 2.63. The summed E-state index contributed by atoms with van der Waals surface area (Å²) in [7, 11) is 0. The molecule has 1 aliphatic heterocycles. The molecule has 1 aromatic rings. The monoisotopic (exact) mass is 248 g/mol. The van der Waals surface area contributed by atoms with Gasteiger partial charge in [-0.05, 0) is 18.9 Å². The van der Waals surface area contributed by atoms with Crippen molar-refractivity contribution in [3.8, 4) is 0 Å². The zero-order chi connectivity index (χ0) is 13.0. The van der Waals surface area contributed by atoms with Crippen molar-refractivity contribution in [3.05, 3.63) is 35.9 Å². The molecule has 98 valence electrons. The summed E-state index contributed by atoms with van der Waals surface area (Å²) in [6.07, 6.45) is 2.63. The molecule has 0 bridgehead atoms. The minimum atomic E-state index is -0.729. The van der Waals surface area contributed by atoms with Gasteiger partial charge in [0.05, 0.1) is 6.61 Å². The SMILES string of the molecule is CCCCC1(C(=O)OCC)OC1c1ccccc1. The van der Waals surface area contributed by atoms with Crippen molar-refractivity contribution >= 4 is 5.97 Å². The van der Waals surface area contributed by atoms with Gasteiger partial charge in [-0.15, -0.1) is 0 Å². The standard InChI is InChI=1S/C15H20O3/c1-3-5-11-15(14(16)17-4-2)13(18-15)12-9-7-6-8-10-12/h6-10,13H,3-5,11H2,1-2H3. The highest BCUT2D eigenvalue weighted by molar-refractivity contribution is 5.83. The maximum Gasteiger partial charge on any atom is 0.341 e. The highest BCUT2D eigenvalue weighted by Crippen LogP contribution is 2.53. The largest absolute Gasteiger partial charge is 0.464 e. The molecule has 1 fully saturated rings. The summed E-state index contributed by atoms with van der Waals surface area (Å²) in [4.78, 5) is 12.1. The van der Waals surface area contributed by atoms with E-state index >= 15 is 0 Å². The van der Waals surface area contributed by atoms with Crippen LogP contribution in [0.1, 0.15) is 44.8 Å². The van der Waals surface area contributed by atoms with Crippen LogP contribution in [0.2, 0.25) is 0 Å². The van der Waals surface area contributed by atoms with E-state index < -0.39 is 5.60 Å². The minimum Gasteiger partial charge on any atom is -0.464 e. The lowest BCUT2D eigenvalue weighted by Crippen LogP contribution is -2.28. The number of epoxide rings is 1. The van der Waals surface area contributed by atoms with Crippen LogP contribution in [-0.2, 0) is 14.3 Å². The Hall–Kier alpha value is -1.35. The summed E-state index contributed by atoms with van der Waals surface area (Å²) in [5, 5.41) is 0. The molecule has 0 aliphatic carbocycles. The lowest BCUT2D eigenvalue weighted by Gasteiger charge is -2.11. The maximum atomic E-state index is 12.1. The molecule has 1 saturated heterocycles. The van der Waals surface area contributed by atoms with Crippen LogP contribution in [0.5, 0.6) is 0 Å². The molecule has 2 unspecified atom stereocenters. The third-order valence-corrected chi connectivity index (χ3v) is 3.32. The Bertz CT molecular complexity index is 401. The quantitative estimate of drug-likeness (QED) is 0.573. The summed E-state index contributed by atoms with van der Waals surface area (Å²) >= 11 is 0. The summed E-state index contributed by atoms with van der Waals surface area (Å²) in [6, 6.07) is 9.89. The summed E-state index contributed by atoms with van der Waals surface area (Å²) in [5.41, 5.74) is 0.328. The van der Waals surface area contributed by atoms with Crippen LogP contribution in [0.15, 0.2) is 30.3 Å². The lowest BCUT2D eigenvalue weighted by molar-refractivity contribution is -0.149. The van der Waals surface area contributed by atoms with Crippen molar-refractivity contribution in [2.75, 3.05) is 6.61 Å². The van der Waals surface area contributed by atoms with Crippen molar-refractivity contribution in [2.45, 2.75) is 44.8 Å². The third-order valence-electron chi connectivity index (χ3n) is 3.32. The van der Waals surface area contributed by atoms with Gasteiger partial charge in [-0.1, -0.05) is 50.1 Å². The molecular weight excluding hydrogens is 228 g/mol. The Morgan fingerprint density at radius 1 is 1.33 bits per heavy atom. The van der Waals surface area contributed by atoms with Crippen molar-refractivity contribution < 1.29 is 14.3 Å². The van der Waals surface area contributed by atoms with Gasteiger partial charge in [0.15, 0.2) is 5.60 Å². The minimum absolute atomic E-state index is 0.135. The predicted molar refractivity (Wildman–Crippen MR) is 69.2 cm³/mol. The molecule has 18 heavy (non-hydrogen) atoms. The Morgan fingerprint density at radius 2 is 2.06 bits per heavy atom. The molecule has 2 atom stereocenters. The predicted octanol–water partition coefficient (Wildman–Crippen LogP) is 3.25. The molecule has 3 heteroatoms. The first-order valence-electron chi connectivity index (χ1n) is 6.64. The number of ether oxygens (including phenoxy) is 2. The van der Waals surface area contributed by atoms with Gasteiger partial charge in [0, 0.05) is 0 Å². The van der Waals surface area contributed by atoms with Crippen LogP contribution < -0.4 is 0 Å². The average molecular weight is 248 g/mol. The Balaban J connectivity index is 2.12. The van der Waals surface area contributed by atoms with E-state index in [0.29, 0.717) is 6.61 Å². The fourth-order valence-electron chi connectivity index (χ4n) is 2.28. The van der Waals surface area contributed by atoms with Gasteiger partial charge in [0.1, 0.15) is 6.10 Å². The molecule has 0 radical (unpaired) electrons. The second kappa shape index (κ2) is 5.53. The van der Waals surface area contributed by atoms with Crippen LogP contribution in [0, 0.1) is 0 Å². The Kier molecular flexibility index (Phi) is 4.02. The zero-order valence-electron chi connectivity index (χ0n) is 11.0. The highest BCUT2D eigenvalue weighted by atomic mass is 16.7. The molecular formula is C15H20O3. The van der Waals surface area contributed by atoms with E-state index in [-0.39, 0.29) is 12.1 Å². The van der Waals surface area contributed by atoms with E-state index in [0.717, 1.165) is 24.8 Å². The maximum absolute atomic E-state index is 12.1. The van der Waals surface area contributed by atoms with Crippen LogP contribution in [-0.4, -0.2) is 18.2 Å². The van der Waals surface area contributed by atoms with Crippen molar-refractivity contribution in [1.82, 2.24) is 0 Å². The van der Waals surface area contributed by atoms with Crippen molar-refractivity contribution in [2.24, 2.45) is 0 Å². The number of benzene rings is 1. The van der Waals surface area contributed by atoms with Crippen LogP contribution in [0.25, 0.3) is 0 Å².